The molecule has 2 amide bonds. The average Bonchev–Trinajstić information content (AvgIpc) is 3.00. The van der Waals surface area contributed by atoms with E-state index < -0.39 is 35.8 Å². The fraction of sp³-hybridized carbons (Fsp3) is 0.824. The van der Waals surface area contributed by atoms with Crippen LogP contribution >= 0.6 is 0 Å². The number of rotatable bonds is 5. The van der Waals surface area contributed by atoms with Crippen LogP contribution < -0.4 is 11.5 Å². The van der Waals surface area contributed by atoms with E-state index in [1.165, 1.54) is 4.90 Å². The Kier molecular flexibility index (Phi) is 5.06. The van der Waals surface area contributed by atoms with Gasteiger partial charge in [0.2, 0.25) is 11.8 Å². The summed E-state index contributed by atoms with van der Waals surface area (Å²) in [6.07, 6.45) is 3.18. The third-order valence-corrected chi connectivity index (χ3v) is 5.31. The predicted molar refractivity (Wildman–Crippen MR) is 88.8 cm³/mol. The standard InChI is InChI=1S/C17H29N3O4/c1-16(2,3)10-5-4-6-12(10)20(15(24)17(19)7-8-17)14(23)11(18)9-13(21)22/h10-12H,4-9,18-19H2,1-3H3,(H,21,22)/t10?,11-,12?/m0/s1. The Bertz CT molecular complexity index is 536. The van der Waals surface area contributed by atoms with Crippen LogP contribution in [0.3, 0.4) is 0 Å². The highest BCUT2D eigenvalue weighted by Crippen LogP contribution is 2.44. The molecule has 7 nitrogen and oxygen atoms in total. The molecule has 0 bridgehead atoms. The second-order valence-electron chi connectivity index (χ2n) is 8.34. The molecular formula is C17H29N3O4. The number of hydrogen-bond acceptors (Lipinski definition) is 5. The molecule has 24 heavy (non-hydrogen) atoms. The lowest BCUT2D eigenvalue weighted by Crippen LogP contribution is -2.59. The second-order valence-corrected chi connectivity index (χ2v) is 8.34. The Morgan fingerprint density at radius 2 is 1.83 bits per heavy atom. The third kappa shape index (κ3) is 3.78. The lowest BCUT2D eigenvalue weighted by Gasteiger charge is -2.39. The van der Waals surface area contributed by atoms with E-state index in [-0.39, 0.29) is 17.4 Å². The minimum absolute atomic E-state index is 0.0673. The molecule has 0 aromatic rings. The van der Waals surface area contributed by atoms with Gasteiger partial charge >= 0.3 is 5.97 Å². The van der Waals surface area contributed by atoms with Crippen molar-refractivity contribution in [1.82, 2.24) is 4.90 Å². The van der Waals surface area contributed by atoms with Crippen LogP contribution in [-0.2, 0) is 14.4 Å². The first-order chi connectivity index (χ1) is 11.0. The van der Waals surface area contributed by atoms with Gasteiger partial charge in [-0.05, 0) is 37.0 Å². The molecular weight excluding hydrogens is 310 g/mol. The molecule has 0 radical (unpaired) electrons. The number of nitrogens with two attached hydrogens (primary N) is 2. The molecule has 0 aromatic carbocycles. The maximum atomic E-state index is 12.9. The van der Waals surface area contributed by atoms with E-state index in [0.717, 1.165) is 19.3 Å². The lowest BCUT2D eigenvalue weighted by molar-refractivity contribution is -0.154. The number of nitrogens with zero attached hydrogens (tertiary/aromatic N) is 1. The van der Waals surface area contributed by atoms with Gasteiger partial charge in [-0.15, -0.1) is 0 Å². The number of aliphatic carboxylic acids is 1. The second kappa shape index (κ2) is 6.44. The van der Waals surface area contributed by atoms with Crippen molar-refractivity contribution in [2.75, 3.05) is 0 Å². The molecule has 2 unspecified atom stereocenters. The Hall–Kier alpha value is -1.47. The summed E-state index contributed by atoms with van der Waals surface area (Å²) in [4.78, 5) is 37.8. The summed E-state index contributed by atoms with van der Waals surface area (Å²) >= 11 is 0. The molecule has 2 aliphatic rings. The Balaban J connectivity index is 2.31. The SMILES string of the molecule is CC(C)(C)C1CCCC1N(C(=O)[C@@H](N)CC(=O)O)C(=O)C1(N)CC1. The van der Waals surface area contributed by atoms with E-state index in [4.69, 9.17) is 16.6 Å². The van der Waals surface area contributed by atoms with Gasteiger partial charge in [-0.25, -0.2) is 0 Å². The molecule has 136 valence electrons. The van der Waals surface area contributed by atoms with E-state index in [1.807, 2.05) is 0 Å². The minimum Gasteiger partial charge on any atom is -0.481 e. The first-order valence-corrected chi connectivity index (χ1v) is 8.61. The lowest BCUT2D eigenvalue weighted by atomic mass is 9.77. The Morgan fingerprint density at radius 3 is 2.29 bits per heavy atom. The summed E-state index contributed by atoms with van der Waals surface area (Å²) in [6, 6.07) is -1.49. The molecule has 7 heteroatoms. The van der Waals surface area contributed by atoms with Crippen molar-refractivity contribution in [2.45, 2.75) is 76.9 Å². The zero-order valence-corrected chi connectivity index (χ0v) is 14.7. The van der Waals surface area contributed by atoms with Gasteiger partial charge in [-0.1, -0.05) is 27.2 Å². The number of imide groups is 1. The molecule has 0 spiro atoms. The van der Waals surface area contributed by atoms with E-state index in [9.17, 15) is 14.4 Å². The van der Waals surface area contributed by atoms with E-state index in [2.05, 4.69) is 20.8 Å². The number of hydrogen-bond donors (Lipinski definition) is 3. The van der Waals surface area contributed by atoms with Crippen molar-refractivity contribution in [1.29, 1.82) is 0 Å². The average molecular weight is 339 g/mol. The van der Waals surface area contributed by atoms with Crippen molar-refractivity contribution < 1.29 is 19.5 Å². The van der Waals surface area contributed by atoms with Gasteiger partial charge < -0.3 is 16.6 Å². The summed E-state index contributed by atoms with van der Waals surface area (Å²) in [6.45, 7) is 6.28. The summed E-state index contributed by atoms with van der Waals surface area (Å²) in [7, 11) is 0. The van der Waals surface area contributed by atoms with Crippen LogP contribution in [-0.4, -0.2) is 45.4 Å². The fourth-order valence-electron chi connectivity index (χ4n) is 3.72. The Labute approximate surface area is 142 Å². The third-order valence-electron chi connectivity index (χ3n) is 5.31. The van der Waals surface area contributed by atoms with Crippen LogP contribution in [0.2, 0.25) is 0 Å². The number of carbonyl (C=O) groups is 3. The number of carboxylic acid groups (broad SMARTS) is 1. The summed E-state index contributed by atoms with van der Waals surface area (Å²) in [5, 5.41) is 8.91. The normalized spacial score (nSPS) is 26.7. The molecule has 5 N–H and O–H groups in total. The van der Waals surface area contributed by atoms with Crippen LogP contribution in [0.5, 0.6) is 0 Å². The quantitative estimate of drug-likeness (QED) is 0.681. The van der Waals surface area contributed by atoms with Crippen LogP contribution in [0.25, 0.3) is 0 Å². The minimum atomic E-state index is -1.23. The molecule has 2 saturated carbocycles. The van der Waals surface area contributed by atoms with Crippen molar-refractivity contribution in [2.24, 2.45) is 22.8 Å². The molecule has 0 aromatic heterocycles. The molecule has 3 atom stereocenters. The fourth-order valence-corrected chi connectivity index (χ4v) is 3.72. The highest BCUT2D eigenvalue weighted by molar-refractivity contribution is 6.04. The van der Waals surface area contributed by atoms with Gasteiger partial charge in [-0.3, -0.25) is 19.3 Å². The largest absolute Gasteiger partial charge is 0.481 e. The van der Waals surface area contributed by atoms with Crippen molar-refractivity contribution >= 4 is 17.8 Å². The summed E-state index contributed by atoms with van der Waals surface area (Å²) < 4.78 is 0. The molecule has 0 aliphatic heterocycles. The predicted octanol–water partition coefficient (Wildman–Crippen LogP) is 0.850. The van der Waals surface area contributed by atoms with Crippen molar-refractivity contribution in [3.63, 3.8) is 0 Å². The van der Waals surface area contributed by atoms with E-state index >= 15 is 0 Å². The number of carboxylic acids is 1. The maximum Gasteiger partial charge on any atom is 0.305 e. The smallest absolute Gasteiger partial charge is 0.305 e. The number of amides is 2. The van der Waals surface area contributed by atoms with Crippen LogP contribution in [0.4, 0.5) is 0 Å². The molecule has 2 fully saturated rings. The molecule has 2 rings (SSSR count). The molecule has 0 saturated heterocycles. The van der Waals surface area contributed by atoms with Gasteiger partial charge in [0.15, 0.2) is 0 Å². The first kappa shape index (κ1) is 18.9. The zero-order chi connectivity index (χ0) is 18.3. The highest BCUT2D eigenvalue weighted by Gasteiger charge is 2.54. The summed E-state index contributed by atoms with van der Waals surface area (Å²) in [5.41, 5.74) is 10.8. The first-order valence-electron chi connectivity index (χ1n) is 8.61. The van der Waals surface area contributed by atoms with Gasteiger partial charge in [0.1, 0.15) is 0 Å². The van der Waals surface area contributed by atoms with Crippen molar-refractivity contribution in [3.05, 3.63) is 0 Å². The van der Waals surface area contributed by atoms with E-state index in [1.54, 1.807) is 0 Å². The topological polar surface area (TPSA) is 127 Å². The van der Waals surface area contributed by atoms with Crippen LogP contribution in [0.1, 0.15) is 59.3 Å². The number of carbonyl (C=O) groups excluding carboxylic acids is 2. The highest BCUT2D eigenvalue weighted by atomic mass is 16.4. The molecule has 2 aliphatic carbocycles. The van der Waals surface area contributed by atoms with Gasteiger partial charge in [0.05, 0.1) is 18.0 Å². The molecule has 0 heterocycles. The monoisotopic (exact) mass is 339 g/mol. The van der Waals surface area contributed by atoms with Crippen LogP contribution in [0.15, 0.2) is 0 Å². The Morgan fingerprint density at radius 1 is 1.25 bits per heavy atom. The van der Waals surface area contributed by atoms with E-state index in [0.29, 0.717) is 12.8 Å². The summed E-state index contributed by atoms with van der Waals surface area (Å²) in [5.74, 6) is -2.00. The van der Waals surface area contributed by atoms with Gasteiger partial charge in [0, 0.05) is 6.04 Å². The zero-order valence-electron chi connectivity index (χ0n) is 14.7. The van der Waals surface area contributed by atoms with Crippen molar-refractivity contribution in [3.8, 4) is 0 Å². The maximum absolute atomic E-state index is 12.9. The van der Waals surface area contributed by atoms with Crippen LogP contribution in [0, 0.1) is 11.3 Å². The van der Waals surface area contributed by atoms with Gasteiger partial charge in [0.25, 0.3) is 0 Å². The van der Waals surface area contributed by atoms with Gasteiger partial charge in [-0.2, -0.15) is 0 Å².